The normalized spacial score (nSPS) is 9.66. The van der Waals surface area contributed by atoms with Crippen LogP contribution in [-0.2, 0) is 84.5 Å². The molecule has 12 rings (SSSR count). The molecule has 0 saturated heterocycles. The second-order valence-electron chi connectivity index (χ2n) is 27.7. The Kier molecular flexibility index (Phi) is 51.0. The monoisotopic (exact) mass is 1930 g/mol. The third kappa shape index (κ3) is 39.6. The minimum Gasteiger partial charge on any atom is -0.554 e. The SMILES string of the molecule is CC(=O)c1ccc(C(C)=O)cc1.COCCOC(=O)c1ccc(C(C)=O)cc1.COc1c[c-]c(OC(=O)CC(C)=O)cc1C.COc1c[c-]c(OC(=O)c2ccc(C(C)=O)cc2)cc1C.COc1ccc(-c2ccc(OC)cc2)cc1.COc1ccc(C(C)=O)cc1.COc1ccc(C(C)=O)cc1.COc1ccc(OC(=O)c2ccc(C(C)=O)cc2)c(-c2ccccc2)c1.[Y].[Y]. The van der Waals surface area contributed by atoms with Gasteiger partial charge in [-0.15, -0.1) is 47.5 Å². The van der Waals surface area contributed by atoms with Crippen molar-refractivity contribution in [3.63, 3.8) is 0 Å². The molecule has 0 aliphatic rings. The van der Waals surface area contributed by atoms with Crippen molar-refractivity contribution in [3.05, 3.63) is 346 Å². The summed E-state index contributed by atoms with van der Waals surface area (Å²) in [5, 5.41) is 0. The van der Waals surface area contributed by atoms with Gasteiger partial charge >= 0.3 is 23.9 Å². The fourth-order valence-electron chi connectivity index (χ4n) is 10.9. The molecule has 0 atom stereocenters. The number of ketones is 8. The number of ether oxygens (including phenoxy) is 12. The quantitative estimate of drug-likeness (QED) is 0.0115. The predicted molar refractivity (Wildman–Crippen MR) is 491 cm³/mol. The molecule has 131 heavy (non-hydrogen) atoms. The predicted octanol–water partition coefficient (Wildman–Crippen LogP) is 20.6. The summed E-state index contributed by atoms with van der Waals surface area (Å²) in [6.07, 6.45) is -0.223. The summed E-state index contributed by atoms with van der Waals surface area (Å²) in [4.78, 5) is 135. The van der Waals surface area contributed by atoms with E-state index in [1.807, 2.05) is 98.8 Å². The molecule has 0 heterocycles. The molecule has 0 unspecified atom stereocenters. The maximum absolute atomic E-state index is 12.5. The van der Waals surface area contributed by atoms with Crippen LogP contribution in [0.1, 0.15) is 177 Å². The number of methoxy groups -OCH3 is 8. The fourth-order valence-corrected chi connectivity index (χ4v) is 10.9. The molecule has 0 spiro atoms. The summed E-state index contributed by atoms with van der Waals surface area (Å²) in [7, 11) is 12.8. The number of benzene rings is 12. The Morgan fingerprint density at radius 2 is 0.550 bits per heavy atom. The van der Waals surface area contributed by atoms with E-state index in [-0.39, 0.29) is 125 Å². The number of carbonyl (C=O) groups is 12. The second-order valence-corrected chi connectivity index (χ2v) is 27.7. The van der Waals surface area contributed by atoms with Gasteiger partial charge in [0.1, 0.15) is 53.3 Å². The number of hydrogen-bond donors (Lipinski definition) is 0. The molecule has 0 bridgehead atoms. The van der Waals surface area contributed by atoms with Crippen molar-refractivity contribution in [1.29, 1.82) is 0 Å². The van der Waals surface area contributed by atoms with E-state index in [4.69, 9.17) is 56.8 Å². The van der Waals surface area contributed by atoms with Crippen LogP contribution in [0.25, 0.3) is 22.3 Å². The number of rotatable bonds is 27. The van der Waals surface area contributed by atoms with E-state index in [9.17, 15) is 57.5 Å². The third-order valence-electron chi connectivity index (χ3n) is 18.2. The molecule has 12 aromatic rings. The molecule has 676 valence electrons. The van der Waals surface area contributed by atoms with Crippen LogP contribution >= 0.6 is 0 Å². The Labute approximate surface area is 814 Å². The van der Waals surface area contributed by atoms with E-state index >= 15 is 0 Å². The smallest absolute Gasteiger partial charge is 0.343 e. The summed E-state index contributed by atoms with van der Waals surface area (Å²) in [5.41, 5.74) is 11.3. The van der Waals surface area contributed by atoms with Crippen LogP contribution in [0, 0.1) is 26.0 Å². The van der Waals surface area contributed by atoms with E-state index in [1.54, 1.807) is 246 Å². The first kappa shape index (κ1) is 112. The first-order chi connectivity index (χ1) is 61.7. The van der Waals surface area contributed by atoms with Crippen LogP contribution in [0.15, 0.2) is 267 Å². The van der Waals surface area contributed by atoms with Gasteiger partial charge in [0.2, 0.25) is 0 Å². The summed E-state index contributed by atoms with van der Waals surface area (Å²) in [6, 6.07) is 82.9. The van der Waals surface area contributed by atoms with Crippen molar-refractivity contribution in [3.8, 4) is 79.7 Å². The molecule has 2 radical (unpaired) electrons. The topological polar surface area (TPSA) is 316 Å². The van der Waals surface area contributed by atoms with Crippen LogP contribution in [-0.4, -0.2) is 140 Å². The summed E-state index contributed by atoms with van der Waals surface area (Å²) < 4.78 is 61.0. The molecule has 0 aromatic heterocycles. The molecule has 0 aliphatic carbocycles. The summed E-state index contributed by atoms with van der Waals surface area (Å²) in [5.74, 6) is 4.26. The third-order valence-corrected chi connectivity index (χ3v) is 18.2. The maximum Gasteiger partial charge on any atom is 0.343 e. The zero-order valence-electron chi connectivity index (χ0n) is 76.5. The van der Waals surface area contributed by atoms with Gasteiger partial charge in [0.25, 0.3) is 0 Å². The van der Waals surface area contributed by atoms with Gasteiger partial charge in [0.05, 0.1) is 73.1 Å². The van der Waals surface area contributed by atoms with Gasteiger partial charge in [-0.3, -0.25) is 43.2 Å². The van der Waals surface area contributed by atoms with E-state index in [0.29, 0.717) is 96.7 Å². The van der Waals surface area contributed by atoms with Crippen LogP contribution in [0.2, 0.25) is 0 Å². The molecule has 12 aromatic carbocycles. The molecular formula is C105H104O24Y2-2. The van der Waals surface area contributed by atoms with Crippen LogP contribution < -0.4 is 47.4 Å². The average Bonchev–Trinajstić information content (AvgIpc) is 0.814. The molecule has 0 saturated carbocycles. The molecule has 0 fully saturated rings. The van der Waals surface area contributed by atoms with Gasteiger partial charge in [0.15, 0.2) is 40.5 Å². The zero-order chi connectivity index (χ0) is 95.1. The van der Waals surface area contributed by atoms with Crippen molar-refractivity contribution in [1.82, 2.24) is 0 Å². The summed E-state index contributed by atoms with van der Waals surface area (Å²) >= 11 is 0. The molecule has 26 heteroatoms. The minimum absolute atomic E-state index is 0. The number of hydrogen-bond acceptors (Lipinski definition) is 24. The second kappa shape index (κ2) is 59.7. The van der Waals surface area contributed by atoms with E-state index in [2.05, 4.69) is 12.1 Å². The van der Waals surface area contributed by atoms with Crippen LogP contribution in [0.4, 0.5) is 0 Å². The van der Waals surface area contributed by atoms with E-state index in [1.165, 1.54) is 59.8 Å². The van der Waals surface area contributed by atoms with Gasteiger partial charge in [-0.2, -0.15) is 0 Å². The van der Waals surface area contributed by atoms with Crippen LogP contribution in [0.3, 0.4) is 0 Å². The van der Waals surface area contributed by atoms with E-state index < -0.39 is 23.9 Å². The Hall–Kier alpha value is -13.4. The van der Waals surface area contributed by atoms with Gasteiger partial charge < -0.3 is 56.8 Å². The molecule has 0 N–H and O–H groups in total. The van der Waals surface area contributed by atoms with Gasteiger partial charge in [-0.05, 0) is 199 Å². The van der Waals surface area contributed by atoms with Crippen molar-refractivity contribution in [2.45, 2.75) is 75.7 Å². The number of esters is 4. The first-order valence-corrected chi connectivity index (χ1v) is 39.9. The largest absolute Gasteiger partial charge is 0.554 e. The number of Topliss-reactive ketones (excluding diaryl/α,β-unsaturated/α-hetero) is 8. The Bertz CT molecular complexity index is 5570. The van der Waals surface area contributed by atoms with Crippen molar-refractivity contribution >= 4 is 70.1 Å². The molecule has 0 amide bonds. The average molecular weight is 1930 g/mol. The van der Waals surface area contributed by atoms with Crippen molar-refractivity contribution < 1.29 is 180 Å². The Balaban J connectivity index is 0.000000391. The van der Waals surface area contributed by atoms with Gasteiger partial charge in [-0.25, -0.2) is 14.4 Å². The zero-order valence-corrected chi connectivity index (χ0v) is 82.2. The number of carbonyl (C=O) groups excluding carboxylic acids is 12. The minimum atomic E-state index is -0.576. The molecule has 24 nitrogen and oxygen atoms in total. The van der Waals surface area contributed by atoms with Crippen LogP contribution in [0.5, 0.6) is 57.5 Å². The fraction of sp³-hybridized carbons (Fsp3) is 0.200. The Morgan fingerprint density at radius 1 is 0.267 bits per heavy atom. The molecule has 0 aliphatic heterocycles. The first-order valence-electron chi connectivity index (χ1n) is 39.9. The summed E-state index contributed by atoms with van der Waals surface area (Å²) in [6.45, 7) is 16.1. The van der Waals surface area contributed by atoms with Crippen molar-refractivity contribution in [2.24, 2.45) is 0 Å². The number of aryl methyl sites for hydroxylation is 2. The van der Waals surface area contributed by atoms with Crippen molar-refractivity contribution in [2.75, 3.05) is 70.1 Å². The standard InChI is InChI=1S/C22H18O4.C17H15O4.C14H14O2.C12H13O4.C12H14O4.C10H10O2.2C9H10O2.2Y/c1-15(23)16-8-10-18(11-9-16)22(24)26-21-13-12-19(25-2)14-20(21)17-6-4-3-5-7-17;1-11-10-15(8-9-16(11)20-3)21-17(19)14-6-4-13(5-7-14)12(2)18;1-15-13-7-3-11(4-8-13)12-5-9-14(16-2)10-6-12;1-8-6-10(4-5-11(8)15-3)16-12(14)7-9(2)13;1-9(13)10-3-5-11(6-4-10)12(14)16-8-7-15-2;1-7(11)9-3-5-10(6-4-9)8(2)12;2*1-7(10)8-3-5-9(11-2)6-4-8;;/h3-14H,1-2H3;4-7,9-10H,1-3H3;3-10H,1-2H3;5-6H,7H2,1-3H3;3-6H,7-8H2,1-2H3;3-6H,1-2H3;2*3-6H,1-2H3;;/q;-1;;-1;;;;;;. The van der Waals surface area contributed by atoms with Gasteiger partial charge in [0, 0.05) is 140 Å². The molecular weight excluding hydrogens is 1820 g/mol. The van der Waals surface area contributed by atoms with E-state index in [0.717, 1.165) is 45.3 Å². The maximum atomic E-state index is 12.5. The Morgan fingerprint density at radius 3 is 0.840 bits per heavy atom. The van der Waals surface area contributed by atoms with Gasteiger partial charge in [-0.1, -0.05) is 129 Å².